The molecule has 0 saturated heterocycles. The van der Waals surface area contributed by atoms with E-state index in [1.165, 1.54) is 23.8 Å². The molecule has 148 valence electrons. The number of carboxylic acid groups (broad SMARTS) is 1. The SMILES string of the molecule is C=CCO.C=Cc1ccccc1.O=C(O)CCC(=O)OC(=O)c1ccccc1. The van der Waals surface area contributed by atoms with Gasteiger partial charge in [0.1, 0.15) is 0 Å². The summed E-state index contributed by atoms with van der Waals surface area (Å²) < 4.78 is 4.45. The Hall–Kier alpha value is -3.51. The summed E-state index contributed by atoms with van der Waals surface area (Å²) in [5.41, 5.74) is 1.43. The van der Waals surface area contributed by atoms with Gasteiger partial charge in [-0.25, -0.2) is 4.79 Å². The van der Waals surface area contributed by atoms with Crippen molar-refractivity contribution in [2.45, 2.75) is 12.8 Å². The minimum absolute atomic E-state index is 0.0833. The van der Waals surface area contributed by atoms with E-state index in [1.54, 1.807) is 18.2 Å². The monoisotopic (exact) mass is 384 g/mol. The van der Waals surface area contributed by atoms with Crippen molar-refractivity contribution in [3.05, 3.63) is 91.0 Å². The van der Waals surface area contributed by atoms with E-state index < -0.39 is 17.9 Å². The molecule has 0 aliphatic rings. The van der Waals surface area contributed by atoms with Crippen molar-refractivity contribution in [3.63, 3.8) is 0 Å². The predicted octanol–water partition coefficient (Wildman–Crippen LogP) is 3.73. The van der Waals surface area contributed by atoms with Crippen LogP contribution in [0.4, 0.5) is 0 Å². The highest BCUT2D eigenvalue weighted by Crippen LogP contribution is 2.03. The zero-order chi connectivity index (χ0) is 21.2. The van der Waals surface area contributed by atoms with Gasteiger partial charge in [0.25, 0.3) is 0 Å². The van der Waals surface area contributed by atoms with Gasteiger partial charge in [-0.1, -0.05) is 67.3 Å². The maximum atomic E-state index is 11.3. The van der Waals surface area contributed by atoms with E-state index in [4.69, 9.17) is 10.2 Å². The van der Waals surface area contributed by atoms with Crippen molar-refractivity contribution in [1.82, 2.24) is 0 Å². The van der Waals surface area contributed by atoms with Gasteiger partial charge in [-0.15, -0.1) is 6.58 Å². The first-order valence-electron chi connectivity index (χ1n) is 8.35. The summed E-state index contributed by atoms with van der Waals surface area (Å²) in [6, 6.07) is 18.0. The summed E-state index contributed by atoms with van der Waals surface area (Å²) >= 11 is 0. The van der Waals surface area contributed by atoms with Crippen LogP contribution in [0.2, 0.25) is 0 Å². The summed E-state index contributed by atoms with van der Waals surface area (Å²) in [7, 11) is 0. The third-order valence-corrected chi connectivity index (χ3v) is 2.92. The fourth-order valence-corrected chi connectivity index (χ4v) is 1.59. The maximum absolute atomic E-state index is 11.3. The number of benzene rings is 2. The minimum atomic E-state index is -1.11. The number of carbonyl (C=O) groups is 3. The highest BCUT2D eigenvalue weighted by atomic mass is 16.6. The number of esters is 2. The molecule has 2 aromatic rings. The fraction of sp³-hybridized carbons (Fsp3) is 0.136. The Bertz CT molecular complexity index is 738. The average molecular weight is 384 g/mol. The second kappa shape index (κ2) is 15.7. The van der Waals surface area contributed by atoms with Gasteiger partial charge in [-0.05, 0) is 17.7 Å². The average Bonchev–Trinajstić information content (AvgIpc) is 2.74. The number of aliphatic hydroxyl groups excluding tert-OH is 1. The van der Waals surface area contributed by atoms with Gasteiger partial charge in [0.2, 0.25) is 0 Å². The second-order valence-corrected chi connectivity index (χ2v) is 5.11. The number of aliphatic carboxylic acids is 1. The molecular formula is C22H24O6. The first-order valence-corrected chi connectivity index (χ1v) is 8.35. The van der Waals surface area contributed by atoms with Gasteiger partial charge < -0.3 is 14.9 Å². The molecule has 0 heterocycles. The summed E-state index contributed by atoms with van der Waals surface area (Å²) in [6.45, 7) is 6.94. The van der Waals surface area contributed by atoms with Gasteiger partial charge in [0.15, 0.2) is 0 Å². The quantitative estimate of drug-likeness (QED) is 0.447. The zero-order valence-electron chi connectivity index (χ0n) is 15.5. The molecule has 6 nitrogen and oxygen atoms in total. The molecule has 0 aromatic heterocycles. The largest absolute Gasteiger partial charge is 0.481 e. The van der Waals surface area contributed by atoms with Crippen molar-refractivity contribution in [3.8, 4) is 0 Å². The minimum Gasteiger partial charge on any atom is -0.481 e. The molecule has 0 radical (unpaired) electrons. The number of ether oxygens (including phenoxy) is 1. The summed E-state index contributed by atoms with van der Waals surface area (Å²) in [4.78, 5) is 32.5. The summed E-state index contributed by atoms with van der Waals surface area (Å²) in [5.74, 6) is -2.71. The Kier molecular flexibility index (Phi) is 13.8. The Morgan fingerprint density at radius 1 is 0.893 bits per heavy atom. The Morgan fingerprint density at radius 2 is 1.39 bits per heavy atom. The molecule has 0 fully saturated rings. The maximum Gasteiger partial charge on any atom is 0.345 e. The lowest BCUT2D eigenvalue weighted by molar-refractivity contribution is -0.144. The molecule has 2 aromatic carbocycles. The third-order valence-electron chi connectivity index (χ3n) is 2.92. The number of carbonyl (C=O) groups excluding carboxylic acids is 2. The summed E-state index contributed by atoms with van der Waals surface area (Å²) in [5, 5.41) is 16.1. The fourth-order valence-electron chi connectivity index (χ4n) is 1.59. The number of hydrogen-bond donors (Lipinski definition) is 2. The lowest BCUT2D eigenvalue weighted by atomic mass is 10.2. The third kappa shape index (κ3) is 12.8. The summed E-state index contributed by atoms with van der Waals surface area (Å²) in [6.07, 6.45) is 2.61. The lowest BCUT2D eigenvalue weighted by Gasteiger charge is -2.01. The van der Waals surface area contributed by atoms with E-state index in [2.05, 4.69) is 17.9 Å². The van der Waals surface area contributed by atoms with Crippen LogP contribution < -0.4 is 0 Å². The van der Waals surface area contributed by atoms with Crippen LogP contribution in [0.3, 0.4) is 0 Å². The molecule has 0 saturated carbocycles. The van der Waals surface area contributed by atoms with Gasteiger partial charge in [-0.2, -0.15) is 0 Å². The molecule has 0 atom stereocenters. The Balaban J connectivity index is 0.000000502. The van der Waals surface area contributed by atoms with E-state index in [-0.39, 0.29) is 25.0 Å². The van der Waals surface area contributed by atoms with E-state index in [0.717, 1.165) is 0 Å². The number of hydrogen-bond acceptors (Lipinski definition) is 5. The van der Waals surface area contributed by atoms with Crippen LogP contribution in [0.25, 0.3) is 6.08 Å². The molecule has 6 heteroatoms. The van der Waals surface area contributed by atoms with Crippen LogP contribution >= 0.6 is 0 Å². The number of carboxylic acids is 1. The van der Waals surface area contributed by atoms with Crippen molar-refractivity contribution in [2.24, 2.45) is 0 Å². The zero-order valence-corrected chi connectivity index (χ0v) is 15.5. The van der Waals surface area contributed by atoms with Crippen LogP contribution in [-0.2, 0) is 14.3 Å². The second-order valence-electron chi connectivity index (χ2n) is 5.11. The molecule has 0 amide bonds. The van der Waals surface area contributed by atoms with Crippen LogP contribution in [0.15, 0.2) is 79.9 Å². The first-order chi connectivity index (χ1) is 13.4. The molecular weight excluding hydrogens is 360 g/mol. The molecule has 2 N–H and O–H groups in total. The van der Waals surface area contributed by atoms with Crippen LogP contribution in [0.1, 0.15) is 28.8 Å². The van der Waals surface area contributed by atoms with E-state index in [1.807, 2.05) is 36.4 Å². The molecule has 0 aliphatic carbocycles. The highest BCUT2D eigenvalue weighted by Gasteiger charge is 2.13. The number of aliphatic hydroxyl groups is 1. The van der Waals surface area contributed by atoms with Crippen LogP contribution in [-0.4, -0.2) is 34.7 Å². The Morgan fingerprint density at radius 3 is 1.79 bits per heavy atom. The van der Waals surface area contributed by atoms with Gasteiger partial charge in [-0.3, -0.25) is 9.59 Å². The predicted molar refractivity (Wildman–Crippen MR) is 108 cm³/mol. The van der Waals surface area contributed by atoms with Crippen molar-refractivity contribution in [1.29, 1.82) is 0 Å². The Labute approximate surface area is 164 Å². The lowest BCUT2D eigenvalue weighted by Crippen LogP contribution is -2.13. The highest BCUT2D eigenvalue weighted by molar-refractivity contribution is 5.97. The van der Waals surface area contributed by atoms with E-state index in [9.17, 15) is 14.4 Å². The molecule has 0 spiro atoms. The van der Waals surface area contributed by atoms with Gasteiger partial charge in [0, 0.05) is 0 Å². The van der Waals surface area contributed by atoms with E-state index >= 15 is 0 Å². The number of rotatable bonds is 6. The van der Waals surface area contributed by atoms with Crippen molar-refractivity contribution in [2.75, 3.05) is 6.61 Å². The van der Waals surface area contributed by atoms with Crippen LogP contribution in [0.5, 0.6) is 0 Å². The van der Waals surface area contributed by atoms with Crippen molar-refractivity contribution < 1.29 is 29.3 Å². The smallest absolute Gasteiger partial charge is 0.345 e. The molecule has 2 rings (SSSR count). The molecule has 0 aliphatic heterocycles. The van der Waals surface area contributed by atoms with Gasteiger partial charge >= 0.3 is 17.9 Å². The van der Waals surface area contributed by atoms with Crippen LogP contribution in [0, 0.1) is 0 Å². The topological polar surface area (TPSA) is 101 Å². The van der Waals surface area contributed by atoms with E-state index in [0.29, 0.717) is 0 Å². The standard InChI is InChI=1S/C11H10O5.C8H8.C3H6O/c12-9(13)6-7-10(14)16-11(15)8-4-2-1-3-5-8;1-2-8-6-4-3-5-7-8;1-2-3-4/h1-5H,6-7H2,(H,12,13);2-7H,1H2;2,4H,1,3H2. The molecule has 0 bridgehead atoms. The normalized spacial score (nSPS) is 8.75. The van der Waals surface area contributed by atoms with Gasteiger partial charge in [0.05, 0.1) is 25.0 Å². The molecule has 28 heavy (non-hydrogen) atoms. The first kappa shape index (κ1) is 24.5. The molecule has 0 unspecified atom stereocenters. The van der Waals surface area contributed by atoms with Crippen molar-refractivity contribution >= 4 is 24.0 Å².